The zero-order valence-electron chi connectivity index (χ0n) is 8.45. The number of nitrogens with one attached hydrogen (secondary N) is 1. The highest BCUT2D eigenvalue weighted by molar-refractivity contribution is 8.00. The molecule has 1 atom stereocenters. The fourth-order valence-electron chi connectivity index (χ4n) is 1.63. The molecule has 2 heterocycles. The minimum absolute atomic E-state index is 0.844. The van der Waals surface area contributed by atoms with E-state index >= 15 is 0 Å². The van der Waals surface area contributed by atoms with Crippen LogP contribution in [-0.2, 0) is 6.54 Å². The topological polar surface area (TPSA) is 24.9 Å². The van der Waals surface area contributed by atoms with E-state index in [1.54, 1.807) is 11.3 Å². The minimum atomic E-state index is 0.844. The zero-order chi connectivity index (χ0) is 9.80. The molecule has 0 aromatic carbocycles. The summed E-state index contributed by atoms with van der Waals surface area (Å²) in [6, 6.07) is 0. The molecule has 4 heteroatoms. The van der Waals surface area contributed by atoms with Gasteiger partial charge in [-0.25, -0.2) is 4.98 Å². The van der Waals surface area contributed by atoms with Gasteiger partial charge in [-0.15, -0.1) is 11.3 Å². The Morgan fingerprint density at radius 2 is 2.57 bits per heavy atom. The molecule has 2 rings (SSSR count). The maximum absolute atomic E-state index is 4.42. The van der Waals surface area contributed by atoms with Crippen LogP contribution >= 0.6 is 23.1 Å². The highest BCUT2D eigenvalue weighted by Gasteiger charge is 2.14. The van der Waals surface area contributed by atoms with Crippen LogP contribution in [0.2, 0.25) is 0 Å². The van der Waals surface area contributed by atoms with Gasteiger partial charge in [0.25, 0.3) is 0 Å². The lowest BCUT2D eigenvalue weighted by Crippen LogP contribution is -2.22. The van der Waals surface area contributed by atoms with Gasteiger partial charge in [0, 0.05) is 29.4 Å². The van der Waals surface area contributed by atoms with Crippen molar-refractivity contribution in [2.45, 2.75) is 31.6 Å². The van der Waals surface area contributed by atoms with Gasteiger partial charge in [0.05, 0.1) is 0 Å². The van der Waals surface area contributed by atoms with Crippen molar-refractivity contribution in [3.63, 3.8) is 0 Å². The van der Waals surface area contributed by atoms with E-state index in [0.29, 0.717) is 0 Å². The summed E-state index contributed by atoms with van der Waals surface area (Å²) in [5.41, 5.74) is 1.14. The lowest BCUT2D eigenvalue weighted by Gasteiger charge is -2.08. The number of aryl methyl sites for hydroxylation is 1. The molecule has 0 amide bonds. The van der Waals surface area contributed by atoms with E-state index in [9.17, 15) is 0 Å². The molecular weight excluding hydrogens is 212 g/mol. The summed E-state index contributed by atoms with van der Waals surface area (Å²) < 4.78 is 0. The molecule has 1 aliphatic rings. The van der Waals surface area contributed by atoms with Crippen molar-refractivity contribution in [2.24, 2.45) is 0 Å². The minimum Gasteiger partial charge on any atom is -0.309 e. The normalized spacial score (nSPS) is 21.6. The van der Waals surface area contributed by atoms with E-state index in [0.717, 1.165) is 24.0 Å². The van der Waals surface area contributed by atoms with Crippen LogP contribution in [0.25, 0.3) is 0 Å². The molecule has 0 spiro atoms. The third kappa shape index (κ3) is 2.97. The molecule has 2 nitrogen and oxygen atoms in total. The highest BCUT2D eigenvalue weighted by atomic mass is 32.2. The zero-order valence-corrected chi connectivity index (χ0v) is 10.1. The first kappa shape index (κ1) is 10.5. The van der Waals surface area contributed by atoms with E-state index in [-0.39, 0.29) is 0 Å². The van der Waals surface area contributed by atoms with Crippen molar-refractivity contribution in [3.05, 3.63) is 16.1 Å². The van der Waals surface area contributed by atoms with Crippen LogP contribution in [0.15, 0.2) is 5.38 Å². The summed E-state index contributed by atoms with van der Waals surface area (Å²) in [4.78, 5) is 4.42. The van der Waals surface area contributed by atoms with Crippen LogP contribution in [0.3, 0.4) is 0 Å². The Morgan fingerprint density at radius 1 is 1.64 bits per heavy atom. The van der Waals surface area contributed by atoms with Crippen LogP contribution in [0, 0.1) is 6.92 Å². The summed E-state index contributed by atoms with van der Waals surface area (Å²) in [6.45, 7) is 4.13. The second kappa shape index (κ2) is 5.14. The number of aromatic nitrogens is 1. The van der Waals surface area contributed by atoms with Gasteiger partial charge < -0.3 is 5.32 Å². The smallest absolute Gasteiger partial charge is 0.107 e. The SMILES string of the molecule is Cc1csc(CNCC2CCCS2)n1. The average molecular weight is 228 g/mol. The molecule has 1 fully saturated rings. The second-order valence-corrected chi connectivity index (χ2v) is 6.00. The van der Waals surface area contributed by atoms with E-state index in [1.165, 1.54) is 23.6 Å². The van der Waals surface area contributed by atoms with Gasteiger partial charge in [0.1, 0.15) is 5.01 Å². The molecule has 0 bridgehead atoms. The fourth-order valence-corrected chi connectivity index (χ4v) is 3.61. The summed E-state index contributed by atoms with van der Waals surface area (Å²) in [7, 11) is 0. The Morgan fingerprint density at radius 3 is 3.21 bits per heavy atom. The summed E-state index contributed by atoms with van der Waals surface area (Å²) >= 11 is 3.85. The molecule has 1 aromatic rings. The molecule has 1 unspecified atom stereocenters. The van der Waals surface area contributed by atoms with E-state index in [4.69, 9.17) is 0 Å². The Bertz CT molecular complexity index is 279. The van der Waals surface area contributed by atoms with Crippen LogP contribution in [0.5, 0.6) is 0 Å². The third-order valence-electron chi connectivity index (χ3n) is 2.34. The molecule has 14 heavy (non-hydrogen) atoms. The van der Waals surface area contributed by atoms with Gasteiger partial charge >= 0.3 is 0 Å². The Hall–Kier alpha value is -0.0600. The Kier molecular flexibility index (Phi) is 3.84. The lowest BCUT2D eigenvalue weighted by atomic mass is 10.2. The maximum atomic E-state index is 4.42. The number of thioether (sulfide) groups is 1. The molecule has 1 saturated heterocycles. The van der Waals surface area contributed by atoms with Gasteiger partial charge in [-0.1, -0.05) is 0 Å². The first-order valence-corrected chi connectivity index (χ1v) is 7.01. The van der Waals surface area contributed by atoms with Crippen molar-refractivity contribution in [1.29, 1.82) is 0 Å². The van der Waals surface area contributed by atoms with Crippen molar-refractivity contribution < 1.29 is 0 Å². The predicted molar refractivity (Wildman–Crippen MR) is 64.0 cm³/mol. The van der Waals surface area contributed by atoms with Crippen molar-refractivity contribution >= 4 is 23.1 Å². The first-order valence-electron chi connectivity index (χ1n) is 5.08. The van der Waals surface area contributed by atoms with Gasteiger partial charge in [0.2, 0.25) is 0 Å². The van der Waals surface area contributed by atoms with E-state index in [2.05, 4.69) is 27.4 Å². The van der Waals surface area contributed by atoms with Crippen LogP contribution in [0.4, 0.5) is 0 Å². The maximum Gasteiger partial charge on any atom is 0.107 e. The standard InChI is InChI=1S/C10H16N2S2/c1-8-7-14-10(12-8)6-11-5-9-3-2-4-13-9/h7,9,11H,2-6H2,1H3. The quantitative estimate of drug-likeness (QED) is 0.857. The number of nitrogens with zero attached hydrogens (tertiary/aromatic N) is 1. The number of thiazole rings is 1. The van der Waals surface area contributed by atoms with Gasteiger partial charge in [-0.3, -0.25) is 0 Å². The van der Waals surface area contributed by atoms with Crippen molar-refractivity contribution in [3.8, 4) is 0 Å². The molecule has 0 aliphatic carbocycles. The highest BCUT2D eigenvalue weighted by Crippen LogP contribution is 2.25. The number of hydrogen-bond acceptors (Lipinski definition) is 4. The van der Waals surface area contributed by atoms with Gasteiger partial charge in [0.15, 0.2) is 0 Å². The third-order valence-corrected chi connectivity index (χ3v) is 4.70. The Labute approximate surface area is 93.5 Å². The molecule has 1 aromatic heterocycles. The van der Waals surface area contributed by atoms with Gasteiger partial charge in [-0.05, 0) is 25.5 Å². The molecule has 1 N–H and O–H groups in total. The average Bonchev–Trinajstić information content (AvgIpc) is 2.77. The first-order chi connectivity index (χ1) is 6.84. The monoisotopic (exact) mass is 228 g/mol. The van der Waals surface area contributed by atoms with Crippen LogP contribution in [-0.4, -0.2) is 22.5 Å². The lowest BCUT2D eigenvalue weighted by molar-refractivity contribution is 0.643. The predicted octanol–water partition coefficient (Wildman–Crippen LogP) is 2.44. The van der Waals surface area contributed by atoms with Crippen LogP contribution < -0.4 is 5.32 Å². The largest absolute Gasteiger partial charge is 0.309 e. The van der Waals surface area contributed by atoms with Crippen molar-refractivity contribution in [2.75, 3.05) is 12.3 Å². The molecular formula is C10H16N2S2. The van der Waals surface area contributed by atoms with Crippen LogP contribution in [0.1, 0.15) is 23.5 Å². The molecule has 1 aliphatic heterocycles. The van der Waals surface area contributed by atoms with E-state index < -0.39 is 0 Å². The number of hydrogen-bond donors (Lipinski definition) is 1. The summed E-state index contributed by atoms with van der Waals surface area (Å²) in [6.07, 6.45) is 2.78. The summed E-state index contributed by atoms with van der Waals surface area (Å²) in [5, 5.41) is 7.65. The fraction of sp³-hybridized carbons (Fsp3) is 0.700. The summed E-state index contributed by atoms with van der Waals surface area (Å²) in [5.74, 6) is 1.35. The number of rotatable bonds is 4. The van der Waals surface area contributed by atoms with Gasteiger partial charge in [-0.2, -0.15) is 11.8 Å². The molecule has 78 valence electrons. The van der Waals surface area contributed by atoms with Crippen molar-refractivity contribution in [1.82, 2.24) is 10.3 Å². The van der Waals surface area contributed by atoms with E-state index in [1.807, 2.05) is 6.92 Å². The molecule has 0 saturated carbocycles. The molecule has 0 radical (unpaired) electrons. The second-order valence-electron chi connectivity index (χ2n) is 3.65. The Balaban J connectivity index is 1.67.